The molecule has 0 unspecified atom stereocenters. The first-order chi connectivity index (χ1) is 14.8. The van der Waals surface area contributed by atoms with Crippen molar-refractivity contribution in [2.75, 3.05) is 25.1 Å². The van der Waals surface area contributed by atoms with Crippen LogP contribution in [-0.4, -0.2) is 39.1 Å². The van der Waals surface area contributed by atoms with E-state index < -0.39 is 10.0 Å². The van der Waals surface area contributed by atoms with E-state index in [2.05, 4.69) is 11.4 Å². The largest absolute Gasteiger partial charge is 0.486 e. The highest BCUT2D eigenvalue weighted by Crippen LogP contribution is 2.49. The monoisotopic (exact) mass is 443 g/mol. The number of fused-ring (bicyclic) bond motifs is 3. The molecule has 0 saturated heterocycles. The van der Waals surface area contributed by atoms with Crippen LogP contribution in [0.4, 0.5) is 10.5 Å². The Kier molecular flexibility index (Phi) is 4.82. The van der Waals surface area contributed by atoms with E-state index in [0.29, 0.717) is 32.0 Å². The third-order valence-electron chi connectivity index (χ3n) is 6.48. The first-order valence-corrected chi connectivity index (χ1v) is 12.0. The van der Waals surface area contributed by atoms with Crippen LogP contribution in [0.3, 0.4) is 0 Å². The minimum absolute atomic E-state index is 0.00861. The topological polar surface area (TPSA) is 111 Å². The molecule has 0 radical (unpaired) electrons. The van der Waals surface area contributed by atoms with Crippen LogP contribution in [0.25, 0.3) is 0 Å². The van der Waals surface area contributed by atoms with Gasteiger partial charge in [-0.2, -0.15) is 0 Å². The molecule has 2 aliphatic heterocycles. The normalized spacial score (nSPS) is 19.2. The number of nitrogens with two attached hydrogens (primary N) is 1. The van der Waals surface area contributed by atoms with Gasteiger partial charge < -0.3 is 19.7 Å². The molecule has 0 bridgehead atoms. The van der Waals surface area contributed by atoms with E-state index >= 15 is 0 Å². The van der Waals surface area contributed by atoms with Gasteiger partial charge in [-0.25, -0.2) is 18.4 Å². The summed E-state index contributed by atoms with van der Waals surface area (Å²) < 4.78 is 34.5. The highest BCUT2D eigenvalue weighted by Gasteiger charge is 2.44. The summed E-state index contributed by atoms with van der Waals surface area (Å²) in [7, 11) is -3.77. The number of nitrogens with one attached hydrogen (secondary N) is 1. The molecule has 1 aliphatic carbocycles. The lowest BCUT2D eigenvalue weighted by Gasteiger charge is -2.42. The number of rotatable bonds is 2. The van der Waals surface area contributed by atoms with Gasteiger partial charge >= 0.3 is 6.03 Å². The number of anilines is 1. The molecular weight excluding hydrogens is 418 g/mol. The van der Waals surface area contributed by atoms with Crippen molar-refractivity contribution in [3.63, 3.8) is 0 Å². The fourth-order valence-corrected chi connectivity index (χ4v) is 5.54. The number of nitrogens with zero attached hydrogens (tertiary/aromatic N) is 1. The van der Waals surface area contributed by atoms with E-state index in [9.17, 15) is 13.2 Å². The number of amides is 2. The molecule has 1 fully saturated rings. The quantitative estimate of drug-likeness (QED) is 0.741. The number of carbonyl (C=O) groups excluding carboxylic acids is 1. The fraction of sp³-hybridized carbons (Fsp3) is 0.409. The number of hydrogen-bond acceptors (Lipinski definition) is 5. The van der Waals surface area contributed by atoms with Gasteiger partial charge in [-0.05, 0) is 60.4 Å². The van der Waals surface area contributed by atoms with Gasteiger partial charge in [-0.1, -0.05) is 12.8 Å². The zero-order valence-electron chi connectivity index (χ0n) is 17.1. The van der Waals surface area contributed by atoms with Crippen molar-refractivity contribution in [1.29, 1.82) is 0 Å². The molecule has 164 valence electrons. The molecule has 2 amide bonds. The average Bonchev–Trinajstić information content (AvgIpc) is 3.21. The molecule has 2 aromatic carbocycles. The maximum absolute atomic E-state index is 13.1. The molecule has 31 heavy (non-hydrogen) atoms. The van der Waals surface area contributed by atoms with Crippen LogP contribution in [0.2, 0.25) is 0 Å². The molecule has 1 saturated carbocycles. The Morgan fingerprint density at radius 2 is 1.68 bits per heavy atom. The Labute approximate surface area is 181 Å². The van der Waals surface area contributed by atoms with Gasteiger partial charge in [0.1, 0.15) is 13.2 Å². The van der Waals surface area contributed by atoms with Crippen molar-refractivity contribution in [3.8, 4) is 11.5 Å². The molecule has 2 aromatic rings. The van der Waals surface area contributed by atoms with E-state index in [1.807, 2.05) is 11.0 Å². The van der Waals surface area contributed by atoms with Gasteiger partial charge in [0.05, 0.1) is 4.90 Å². The summed E-state index contributed by atoms with van der Waals surface area (Å²) in [5, 5.41) is 8.03. The smallest absolute Gasteiger partial charge is 0.322 e. The Bertz CT molecular complexity index is 1120. The zero-order chi connectivity index (χ0) is 21.6. The van der Waals surface area contributed by atoms with E-state index in [1.54, 1.807) is 12.1 Å². The lowest BCUT2D eigenvalue weighted by atomic mass is 9.73. The van der Waals surface area contributed by atoms with Crippen LogP contribution in [0.1, 0.15) is 36.8 Å². The Morgan fingerprint density at radius 1 is 1.03 bits per heavy atom. The molecule has 5 rings (SSSR count). The summed E-state index contributed by atoms with van der Waals surface area (Å²) in [6.45, 7) is 2.20. The summed E-state index contributed by atoms with van der Waals surface area (Å²) in [4.78, 5) is 14.9. The number of ether oxygens (including phenoxy) is 2. The number of carbonyl (C=O) groups is 1. The SMILES string of the molecule is NS(=O)(=O)c1ccc(NC(=O)N2Cc3cc4c(cc3C3(CCCC3)C2)OCCO4)cc1. The lowest BCUT2D eigenvalue weighted by molar-refractivity contribution is 0.164. The molecule has 9 heteroatoms. The maximum Gasteiger partial charge on any atom is 0.322 e. The number of urea groups is 1. The van der Waals surface area contributed by atoms with E-state index in [4.69, 9.17) is 14.6 Å². The second kappa shape index (κ2) is 7.42. The molecule has 1 spiro atoms. The first-order valence-electron chi connectivity index (χ1n) is 10.5. The third kappa shape index (κ3) is 3.72. The van der Waals surface area contributed by atoms with Gasteiger partial charge in [0.15, 0.2) is 11.5 Å². The molecule has 2 heterocycles. The third-order valence-corrected chi connectivity index (χ3v) is 7.41. The van der Waals surface area contributed by atoms with Crippen molar-refractivity contribution in [3.05, 3.63) is 47.5 Å². The molecule has 3 aliphatic rings. The van der Waals surface area contributed by atoms with E-state index in [0.717, 1.165) is 42.7 Å². The van der Waals surface area contributed by atoms with Gasteiger partial charge in [-0.3, -0.25) is 0 Å². The first kappa shape index (κ1) is 20.1. The van der Waals surface area contributed by atoms with E-state index in [1.165, 1.54) is 17.7 Å². The van der Waals surface area contributed by atoms with Crippen molar-refractivity contribution in [2.45, 2.75) is 42.5 Å². The summed E-state index contributed by atoms with van der Waals surface area (Å²) in [6.07, 6.45) is 4.34. The summed E-state index contributed by atoms with van der Waals surface area (Å²) in [5.74, 6) is 1.53. The van der Waals surface area contributed by atoms with Gasteiger partial charge in [0.25, 0.3) is 0 Å². The number of sulfonamides is 1. The molecule has 0 aromatic heterocycles. The number of hydrogen-bond donors (Lipinski definition) is 2. The molecular formula is C22H25N3O5S. The van der Waals surface area contributed by atoms with Crippen LogP contribution in [0, 0.1) is 0 Å². The summed E-state index contributed by atoms with van der Waals surface area (Å²) in [6, 6.07) is 9.79. The second-order valence-electron chi connectivity index (χ2n) is 8.50. The molecule has 3 N–H and O–H groups in total. The minimum atomic E-state index is -3.77. The van der Waals surface area contributed by atoms with Gasteiger partial charge in [-0.15, -0.1) is 0 Å². The van der Waals surface area contributed by atoms with Crippen molar-refractivity contribution in [1.82, 2.24) is 4.90 Å². The predicted octanol–water partition coefficient (Wildman–Crippen LogP) is 2.96. The van der Waals surface area contributed by atoms with Gasteiger partial charge in [0, 0.05) is 24.2 Å². The highest BCUT2D eigenvalue weighted by atomic mass is 32.2. The number of benzene rings is 2. The average molecular weight is 444 g/mol. The zero-order valence-corrected chi connectivity index (χ0v) is 17.9. The fourth-order valence-electron chi connectivity index (χ4n) is 5.02. The van der Waals surface area contributed by atoms with Crippen LogP contribution in [-0.2, 0) is 22.0 Å². The Balaban J connectivity index is 1.41. The van der Waals surface area contributed by atoms with Crippen molar-refractivity contribution < 1.29 is 22.7 Å². The highest BCUT2D eigenvalue weighted by molar-refractivity contribution is 7.89. The predicted molar refractivity (Wildman–Crippen MR) is 115 cm³/mol. The maximum atomic E-state index is 13.1. The second-order valence-corrected chi connectivity index (χ2v) is 10.1. The Hall–Kier alpha value is -2.78. The van der Waals surface area contributed by atoms with E-state index in [-0.39, 0.29) is 16.3 Å². The molecule has 0 atom stereocenters. The van der Waals surface area contributed by atoms with Crippen LogP contribution >= 0.6 is 0 Å². The molecule has 8 nitrogen and oxygen atoms in total. The van der Waals surface area contributed by atoms with Crippen molar-refractivity contribution in [2.24, 2.45) is 5.14 Å². The van der Waals surface area contributed by atoms with Crippen molar-refractivity contribution >= 4 is 21.7 Å². The van der Waals surface area contributed by atoms with Gasteiger partial charge in [0.2, 0.25) is 10.0 Å². The minimum Gasteiger partial charge on any atom is -0.486 e. The van der Waals surface area contributed by atoms with Crippen LogP contribution < -0.4 is 19.9 Å². The summed E-state index contributed by atoms with van der Waals surface area (Å²) >= 11 is 0. The Morgan fingerprint density at radius 3 is 2.32 bits per heavy atom. The van der Waals surface area contributed by atoms with Crippen LogP contribution in [0.5, 0.6) is 11.5 Å². The van der Waals surface area contributed by atoms with Crippen LogP contribution in [0.15, 0.2) is 41.3 Å². The lowest BCUT2D eigenvalue weighted by Crippen LogP contribution is -2.48. The standard InChI is InChI=1S/C22H25N3O5S/c23-31(27,28)17-5-3-16(4-6-17)24-21(26)25-13-15-11-19-20(30-10-9-29-19)12-18(15)22(14-25)7-1-2-8-22/h3-6,11-12H,1-2,7-10,13-14H2,(H,24,26)(H2,23,27,28). The summed E-state index contributed by atoms with van der Waals surface area (Å²) in [5.41, 5.74) is 2.82. The number of primary sulfonamides is 1.